The molecule has 3 nitrogen and oxygen atoms in total. The fourth-order valence-electron chi connectivity index (χ4n) is 3.61. The number of rotatable bonds is 20. The van der Waals surface area contributed by atoms with E-state index in [4.69, 9.17) is 5.26 Å². The van der Waals surface area contributed by atoms with E-state index >= 15 is 0 Å². The zero-order valence-corrected chi connectivity index (χ0v) is 17.2. The minimum absolute atomic E-state index is 0.240. The topological polar surface area (TPSA) is 49.7 Å². The van der Waals surface area contributed by atoms with Gasteiger partial charge in [-0.25, -0.2) is 4.89 Å². The predicted molar refractivity (Wildman–Crippen MR) is 108 cm³/mol. The van der Waals surface area contributed by atoms with Crippen molar-refractivity contribution in [3.63, 3.8) is 0 Å². The first-order chi connectivity index (χ1) is 12.2. The van der Waals surface area contributed by atoms with Crippen molar-refractivity contribution in [2.45, 2.75) is 135 Å². The van der Waals surface area contributed by atoms with E-state index in [-0.39, 0.29) is 6.61 Å². The summed E-state index contributed by atoms with van der Waals surface area (Å²) in [6.45, 7) is 4.73. The van der Waals surface area contributed by atoms with Gasteiger partial charge < -0.3 is 5.11 Å². The van der Waals surface area contributed by atoms with Gasteiger partial charge in [0.2, 0.25) is 0 Å². The highest BCUT2D eigenvalue weighted by molar-refractivity contribution is 4.78. The van der Waals surface area contributed by atoms with Crippen LogP contribution in [0.1, 0.15) is 129 Å². The molecule has 3 heteroatoms. The molecule has 1 unspecified atom stereocenters. The molecule has 0 amide bonds. The average molecular weight is 359 g/mol. The summed E-state index contributed by atoms with van der Waals surface area (Å²) in [5.41, 5.74) is -0.644. The van der Waals surface area contributed by atoms with Gasteiger partial charge in [0.05, 0.1) is 12.2 Å². The third-order valence-corrected chi connectivity index (χ3v) is 5.40. The molecule has 25 heavy (non-hydrogen) atoms. The molecule has 0 aliphatic carbocycles. The molecule has 0 saturated carbocycles. The molecule has 0 fully saturated rings. The SMILES string of the molecule is CCCCCCCCCCCC(O)(CCCCCCCC)CCOO. The number of hydrogen-bond donors (Lipinski definition) is 2. The Balaban J connectivity index is 3.77. The Morgan fingerprint density at radius 3 is 1.28 bits per heavy atom. The highest BCUT2D eigenvalue weighted by Gasteiger charge is 2.25. The molecule has 0 radical (unpaired) electrons. The van der Waals surface area contributed by atoms with Crippen LogP contribution in [0, 0.1) is 0 Å². The van der Waals surface area contributed by atoms with Crippen LogP contribution in [0.15, 0.2) is 0 Å². The molecule has 152 valence electrons. The first kappa shape index (κ1) is 24.9. The lowest BCUT2D eigenvalue weighted by Crippen LogP contribution is -2.30. The monoisotopic (exact) mass is 358 g/mol. The quantitative estimate of drug-likeness (QED) is 0.137. The Labute approximate surface area is 157 Å². The highest BCUT2D eigenvalue weighted by atomic mass is 17.1. The Kier molecular flexibility index (Phi) is 18.6. The van der Waals surface area contributed by atoms with Gasteiger partial charge in [0.15, 0.2) is 0 Å². The van der Waals surface area contributed by atoms with Gasteiger partial charge in [-0.1, -0.05) is 110 Å². The molecule has 0 heterocycles. The van der Waals surface area contributed by atoms with E-state index in [9.17, 15) is 5.11 Å². The van der Waals surface area contributed by atoms with Gasteiger partial charge in [-0.2, -0.15) is 0 Å². The van der Waals surface area contributed by atoms with Crippen molar-refractivity contribution < 1.29 is 15.3 Å². The van der Waals surface area contributed by atoms with Gasteiger partial charge in [-0.3, -0.25) is 5.26 Å². The van der Waals surface area contributed by atoms with Crippen molar-refractivity contribution in [1.29, 1.82) is 0 Å². The van der Waals surface area contributed by atoms with Gasteiger partial charge in [-0.15, -0.1) is 0 Å². The number of hydrogen-bond acceptors (Lipinski definition) is 3. The maximum absolute atomic E-state index is 10.9. The average Bonchev–Trinajstić information content (AvgIpc) is 2.62. The molecule has 0 aromatic heterocycles. The van der Waals surface area contributed by atoms with Gasteiger partial charge in [0.25, 0.3) is 0 Å². The van der Waals surface area contributed by atoms with E-state index in [1.54, 1.807) is 0 Å². The molecule has 1 atom stereocenters. The molecule has 0 aromatic carbocycles. The van der Waals surface area contributed by atoms with Crippen LogP contribution < -0.4 is 0 Å². The fourth-order valence-corrected chi connectivity index (χ4v) is 3.61. The second-order valence-electron chi connectivity index (χ2n) is 7.90. The number of aliphatic hydroxyl groups is 1. The smallest absolute Gasteiger partial charge is 0.0847 e. The molecular formula is C22H46O3. The van der Waals surface area contributed by atoms with Crippen molar-refractivity contribution in [3.05, 3.63) is 0 Å². The Bertz CT molecular complexity index is 258. The molecule has 0 rings (SSSR count). The van der Waals surface area contributed by atoms with E-state index in [1.807, 2.05) is 0 Å². The molecule has 0 aliphatic heterocycles. The zero-order valence-electron chi connectivity index (χ0n) is 17.2. The molecule has 0 aliphatic rings. The highest BCUT2D eigenvalue weighted by Crippen LogP contribution is 2.26. The molecule has 0 aromatic rings. The molecular weight excluding hydrogens is 312 g/mol. The lowest BCUT2D eigenvalue weighted by atomic mass is 9.87. The standard InChI is InChI=1S/C22H46O3/c1-3-5-7-9-11-12-13-15-17-19-22(23,20-21-25-24)18-16-14-10-8-6-4-2/h23-24H,3-21H2,1-2H3. The summed E-state index contributed by atoms with van der Waals surface area (Å²) in [4.78, 5) is 4.23. The van der Waals surface area contributed by atoms with Crippen LogP contribution in [-0.4, -0.2) is 22.6 Å². The second-order valence-corrected chi connectivity index (χ2v) is 7.90. The van der Waals surface area contributed by atoms with Crippen LogP contribution in [0.5, 0.6) is 0 Å². The summed E-state index contributed by atoms with van der Waals surface area (Å²) in [6.07, 6.45) is 21.5. The summed E-state index contributed by atoms with van der Waals surface area (Å²) in [5.74, 6) is 0. The minimum Gasteiger partial charge on any atom is -0.390 e. The van der Waals surface area contributed by atoms with Crippen LogP contribution in [0.4, 0.5) is 0 Å². The van der Waals surface area contributed by atoms with E-state index in [0.717, 1.165) is 25.7 Å². The van der Waals surface area contributed by atoms with Crippen molar-refractivity contribution in [2.75, 3.05) is 6.61 Å². The largest absolute Gasteiger partial charge is 0.390 e. The van der Waals surface area contributed by atoms with Crippen LogP contribution in [0.25, 0.3) is 0 Å². The van der Waals surface area contributed by atoms with Gasteiger partial charge in [-0.05, 0) is 12.8 Å². The van der Waals surface area contributed by atoms with Gasteiger partial charge in [0.1, 0.15) is 0 Å². The van der Waals surface area contributed by atoms with Gasteiger partial charge >= 0.3 is 0 Å². The lowest BCUT2D eigenvalue weighted by molar-refractivity contribution is -0.249. The predicted octanol–water partition coefficient (Wildman–Crippen LogP) is 7.27. The minimum atomic E-state index is -0.644. The Hall–Kier alpha value is -0.120. The van der Waals surface area contributed by atoms with E-state index in [0.29, 0.717) is 6.42 Å². The van der Waals surface area contributed by atoms with E-state index in [1.165, 1.54) is 83.5 Å². The summed E-state index contributed by atoms with van der Waals surface area (Å²) < 4.78 is 0. The number of unbranched alkanes of at least 4 members (excludes halogenated alkanes) is 13. The van der Waals surface area contributed by atoms with E-state index < -0.39 is 5.60 Å². The summed E-state index contributed by atoms with van der Waals surface area (Å²) >= 11 is 0. The first-order valence-electron chi connectivity index (χ1n) is 11.2. The molecule has 0 bridgehead atoms. The second kappa shape index (κ2) is 18.7. The summed E-state index contributed by atoms with van der Waals surface area (Å²) in [5, 5.41) is 19.5. The third-order valence-electron chi connectivity index (χ3n) is 5.40. The van der Waals surface area contributed by atoms with Gasteiger partial charge in [0, 0.05) is 6.42 Å². The molecule has 0 spiro atoms. The van der Waals surface area contributed by atoms with Crippen molar-refractivity contribution in [1.82, 2.24) is 0 Å². The Morgan fingerprint density at radius 1 is 0.560 bits per heavy atom. The third kappa shape index (κ3) is 17.1. The maximum Gasteiger partial charge on any atom is 0.0847 e. The maximum atomic E-state index is 10.9. The van der Waals surface area contributed by atoms with Crippen LogP contribution in [-0.2, 0) is 4.89 Å². The van der Waals surface area contributed by atoms with Crippen molar-refractivity contribution in [3.8, 4) is 0 Å². The van der Waals surface area contributed by atoms with E-state index in [2.05, 4.69) is 18.7 Å². The zero-order chi connectivity index (χ0) is 18.6. The summed E-state index contributed by atoms with van der Waals surface area (Å²) in [7, 11) is 0. The lowest BCUT2D eigenvalue weighted by Gasteiger charge is -2.28. The summed E-state index contributed by atoms with van der Waals surface area (Å²) in [6, 6.07) is 0. The van der Waals surface area contributed by atoms with Crippen molar-refractivity contribution in [2.24, 2.45) is 0 Å². The van der Waals surface area contributed by atoms with Crippen LogP contribution in [0.2, 0.25) is 0 Å². The first-order valence-corrected chi connectivity index (χ1v) is 11.2. The fraction of sp³-hybridized carbons (Fsp3) is 1.00. The molecule has 0 saturated heterocycles. The normalized spacial score (nSPS) is 13.9. The van der Waals surface area contributed by atoms with Crippen LogP contribution >= 0.6 is 0 Å². The van der Waals surface area contributed by atoms with Crippen LogP contribution in [0.3, 0.4) is 0 Å². The Morgan fingerprint density at radius 2 is 0.920 bits per heavy atom. The van der Waals surface area contributed by atoms with Crippen molar-refractivity contribution >= 4 is 0 Å². The molecule has 2 N–H and O–H groups in total.